The van der Waals surface area contributed by atoms with Crippen molar-refractivity contribution in [3.63, 3.8) is 0 Å². The summed E-state index contributed by atoms with van der Waals surface area (Å²) in [7, 11) is -3.65. The number of hydrogen-bond donors (Lipinski definition) is 1. The van der Waals surface area contributed by atoms with Gasteiger partial charge >= 0.3 is 6.18 Å². The largest absolute Gasteiger partial charge is 0.416 e. The molecule has 1 aromatic carbocycles. The van der Waals surface area contributed by atoms with Gasteiger partial charge in [-0.15, -0.1) is 0 Å². The van der Waals surface area contributed by atoms with Gasteiger partial charge in [0.05, 0.1) is 11.3 Å². The molecule has 8 heteroatoms. The topological polar surface area (TPSA) is 63.4 Å². The Morgan fingerprint density at radius 3 is 2.67 bits per heavy atom. The van der Waals surface area contributed by atoms with Crippen LogP contribution in [0.1, 0.15) is 24.0 Å². The molecule has 0 radical (unpaired) electrons. The number of halogens is 3. The number of rotatable bonds is 4. The van der Waals surface area contributed by atoms with E-state index >= 15 is 0 Å². The SMILES string of the molecule is NC[C@H]1CCCN1S(=O)(=O)Cc1cccc(C(F)(F)F)c1. The maximum absolute atomic E-state index is 12.6. The molecular formula is C13H17F3N2O2S. The number of hydrogen-bond acceptors (Lipinski definition) is 3. The van der Waals surface area contributed by atoms with E-state index in [0.29, 0.717) is 13.0 Å². The summed E-state index contributed by atoms with van der Waals surface area (Å²) in [5.74, 6) is -0.437. The van der Waals surface area contributed by atoms with Crippen LogP contribution in [0.4, 0.5) is 13.2 Å². The zero-order chi connectivity index (χ0) is 15.7. The highest BCUT2D eigenvalue weighted by Crippen LogP contribution is 2.30. The van der Waals surface area contributed by atoms with Gasteiger partial charge in [0, 0.05) is 19.1 Å². The van der Waals surface area contributed by atoms with Crippen LogP contribution in [-0.2, 0) is 22.0 Å². The van der Waals surface area contributed by atoms with Crippen LogP contribution in [-0.4, -0.2) is 31.9 Å². The van der Waals surface area contributed by atoms with Gasteiger partial charge < -0.3 is 5.73 Å². The van der Waals surface area contributed by atoms with E-state index in [2.05, 4.69) is 0 Å². The first-order valence-corrected chi connectivity index (χ1v) is 8.20. The van der Waals surface area contributed by atoms with Gasteiger partial charge in [0.2, 0.25) is 10.0 Å². The van der Waals surface area contributed by atoms with Gasteiger partial charge in [-0.3, -0.25) is 0 Å². The minimum absolute atomic E-state index is 0.132. The van der Waals surface area contributed by atoms with Gasteiger partial charge in [0.1, 0.15) is 0 Å². The minimum Gasteiger partial charge on any atom is -0.329 e. The van der Waals surface area contributed by atoms with Gasteiger partial charge in [-0.25, -0.2) is 8.42 Å². The highest BCUT2D eigenvalue weighted by Gasteiger charge is 2.34. The Bertz CT molecular complexity index is 602. The Balaban J connectivity index is 2.21. The normalized spacial score (nSPS) is 20.9. The van der Waals surface area contributed by atoms with Crippen LogP contribution in [0.5, 0.6) is 0 Å². The lowest BCUT2D eigenvalue weighted by atomic mass is 10.1. The third-order valence-corrected chi connectivity index (χ3v) is 5.45. The Morgan fingerprint density at radius 1 is 1.33 bits per heavy atom. The van der Waals surface area contributed by atoms with Crippen LogP contribution in [0.2, 0.25) is 0 Å². The Morgan fingerprint density at radius 2 is 2.05 bits per heavy atom. The monoisotopic (exact) mass is 322 g/mol. The van der Waals surface area contributed by atoms with Crippen molar-refractivity contribution < 1.29 is 21.6 Å². The Labute approximate surface area is 121 Å². The van der Waals surface area contributed by atoms with Crippen molar-refractivity contribution in [1.29, 1.82) is 0 Å². The van der Waals surface area contributed by atoms with E-state index in [1.807, 2.05) is 0 Å². The lowest BCUT2D eigenvalue weighted by molar-refractivity contribution is -0.137. The highest BCUT2D eigenvalue weighted by molar-refractivity contribution is 7.88. The second kappa shape index (κ2) is 5.94. The van der Waals surface area contributed by atoms with E-state index in [4.69, 9.17) is 5.73 Å². The summed E-state index contributed by atoms with van der Waals surface area (Å²) in [6, 6.07) is 4.17. The van der Waals surface area contributed by atoms with Crippen molar-refractivity contribution in [1.82, 2.24) is 4.31 Å². The summed E-state index contributed by atoms with van der Waals surface area (Å²) >= 11 is 0. The molecule has 1 atom stereocenters. The fourth-order valence-electron chi connectivity index (χ4n) is 2.54. The lowest BCUT2D eigenvalue weighted by Crippen LogP contribution is -2.40. The molecule has 21 heavy (non-hydrogen) atoms. The molecule has 1 aromatic rings. The van der Waals surface area contributed by atoms with Crippen LogP contribution in [0, 0.1) is 0 Å². The minimum atomic E-state index is -4.48. The molecule has 0 amide bonds. The number of nitrogens with zero attached hydrogens (tertiary/aromatic N) is 1. The Hall–Kier alpha value is -1.12. The molecule has 118 valence electrons. The van der Waals surface area contributed by atoms with E-state index in [9.17, 15) is 21.6 Å². The molecule has 2 rings (SSSR count). The number of nitrogens with two attached hydrogens (primary N) is 1. The molecule has 0 aliphatic carbocycles. The molecule has 1 fully saturated rings. The number of benzene rings is 1. The molecule has 0 unspecified atom stereocenters. The summed E-state index contributed by atoms with van der Waals surface area (Å²) in [5.41, 5.74) is 4.83. The maximum Gasteiger partial charge on any atom is 0.416 e. The molecule has 0 bridgehead atoms. The molecular weight excluding hydrogens is 305 g/mol. The summed E-state index contributed by atoms with van der Waals surface area (Å²) in [6.45, 7) is 0.602. The molecule has 1 heterocycles. The first-order chi connectivity index (χ1) is 9.74. The van der Waals surface area contributed by atoms with Crippen molar-refractivity contribution in [2.75, 3.05) is 13.1 Å². The van der Waals surface area contributed by atoms with E-state index in [-0.39, 0.29) is 18.2 Å². The number of alkyl halides is 3. The van der Waals surface area contributed by atoms with Gasteiger partial charge in [-0.2, -0.15) is 17.5 Å². The third-order valence-electron chi connectivity index (χ3n) is 3.56. The molecule has 2 N–H and O–H groups in total. The van der Waals surface area contributed by atoms with Crippen LogP contribution in [0.15, 0.2) is 24.3 Å². The van der Waals surface area contributed by atoms with Crippen LogP contribution in [0.3, 0.4) is 0 Å². The van der Waals surface area contributed by atoms with E-state index in [1.165, 1.54) is 16.4 Å². The summed E-state index contributed by atoms with van der Waals surface area (Å²) in [4.78, 5) is 0. The van der Waals surface area contributed by atoms with Crippen molar-refractivity contribution in [3.05, 3.63) is 35.4 Å². The fraction of sp³-hybridized carbons (Fsp3) is 0.538. The summed E-state index contributed by atoms with van der Waals surface area (Å²) in [6.07, 6.45) is -3.06. The van der Waals surface area contributed by atoms with Gasteiger partial charge in [-0.05, 0) is 24.5 Å². The third kappa shape index (κ3) is 3.75. The first kappa shape index (κ1) is 16.3. The van der Waals surface area contributed by atoms with Gasteiger partial charge in [0.15, 0.2) is 0 Å². The summed E-state index contributed by atoms with van der Waals surface area (Å²) in [5, 5.41) is 0. The molecule has 1 aliphatic heterocycles. The molecule has 1 aliphatic rings. The molecule has 0 saturated carbocycles. The highest BCUT2D eigenvalue weighted by atomic mass is 32.2. The molecule has 1 saturated heterocycles. The number of sulfonamides is 1. The standard InChI is InChI=1S/C13H17F3N2O2S/c14-13(15,16)11-4-1-3-10(7-11)9-21(19,20)18-6-2-5-12(18)8-17/h1,3-4,7,12H,2,5-6,8-9,17H2/t12-/m1/s1. The zero-order valence-electron chi connectivity index (χ0n) is 11.3. The molecule has 0 spiro atoms. The van der Waals surface area contributed by atoms with E-state index in [0.717, 1.165) is 18.6 Å². The maximum atomic E-state index is 12.6. The average Bonchev–Trinajstić information content (AvgIpc) is 2.86. The van der Waals surface area contributed by atoms with E-state index in [1.54, 1.807) is 0 Å². The zero-order valence-corrected chi connectivity index (χ0v) is 12.1. The van der Waals surface area contributed by atoms with Crippen molar-refractivity contribution >= 4 is 10.0 Å². The second-order valence-electron chi connectivity index (χ2n) is 5.10. The van der Waals surface area contributed by atoms with Crippen LogP contribution >= 0.6 is 0 Å². The quantitative estimate of drug-likeness (QED) is 0.922. The fourth-order valence-corrected chi connectivity index (χ4v) is 4.36. The second-order valence-corrected chi connectivity index (χ2v) is 7.02. The van der Waals surface area contributed by atoms with E-state index < -0.39 is 27.5 Å². The van der Waals surface area contributed by atoms with Crippen LogP contribution < -0.4 is 5.73 Å². The predicted octanol–water partition coefficient (Wildman–Crippen LogP) is 1.96. The van der Waals surface area contributed by atoms with Crippen LogP contribution in [0.25, 0.3) is 0 Å². The lowest BCUT2D eigenvalue weighted by Gasteiger charge is -2.23. The molecule has 4 nitrogen and oxygen atoms in total. The van der Waals surface area contributed by atoms with Crippen molar-refractivity contribution in [2.45, 2.75) is 30.8 Å². The summed E-state index contributed by atoms with van der Waals surface area (Å²) < 4.78 is 63.9. The van der Waals surface area contributed by atoms with Gasteiger partial charge in [-0.1, -0.05) is 18.2 Å². The smallest absolute Gasteiger partial charge is 0.329 e. The average molecular weight is 322 g/mol. The molecule has 0 aromatic heterocycles. The Kier molecular flexibility index (Phi) is 4.60. The van der Waals surface area contributed by atoms with Crippen molar-refractivity contribution in [2.24, 2.45) is 5.73 Å². The van der Waals surface area contributed by atoms with Crippen molar-refractivity contribution in [3.8, 4) is 0 Å². The first-order valence-electron chi connectivity index (χ1n) is 6.60. The predicted molar refractivity (Wildman–Crippen MR) is 72.9 cm³/mol. The van der Waals surface area contributed by atoms with Gasteiger partial charge in [0.25, 0.3) is 0 Å².